The Hall–Kier alpha value is -2.02. The standard InChI is InChI=1S/C11H11FN4OS/c1-6-5-18-8(16-6)4-15-11(17)7-2-3-14-10(13)9(7)12/h2-3,5H,4H2,1H3,(H2,13,14)(H,15,17). The Balaban J connectivity index is 2.06. The summed E-state index contributed by atoms with van der Waals surface area (Å²) in [5.74, 6) is -1.62. The number of aromatic nitrogens is 2. The number of halogens is 1. The number of carbonyl (C=O) groups excluding carboxylic acids is 1. The second-order valence-electron chi connectivity index (χ2n) is 3.62. The molecule has 7 heteroatoms. The number of rotatable bonds is 3. The lowest BCUT2D eigenvalue weighted by molar-refractivity contribution is 0.0946. The Labute approximate surface area is 107 Å². The van der Waals surface area contributed by atoms with Crippen molar-refractivity contribution in [2.45, 2.75) is 13.5 Å². The van der Waals surface area contributed by atoms with E-state index >= 15 is 0 Å². The van der Waals surface area contributed by atoms with Gasteiger partial charge in [-0.15, -0.1) is 11.3 Å². The quantitative estimate of drug-likeness (QED) is 0.882. The molecule has 0 fully saturated rings. The summed E-state index contributed by atoms with van der Waals surface area (Å²) in [6, 6.07) is 1.29. The summed E-state index contributed by atoms with van der Waals surface area (Å²) in [4.78, 5) is 19.5. The molecular weight excluding hydrogens is 255 g/mol. The molecule has 2 rings (SSSR count). The van der Waals surface area contributed by atoms with Crippen molar-refractivity contribution in [3.63, 3.8) is 0 Å². The third-order valence-corrected chi connectivity index (χ3v) is 3.19. The predicted octanol–water partition coefficient (Wildman–Crippen LogP) is 1.50. The Morgan fingerprint density at radius 1 is 1.61 bits per heavy atom. The molecule has 0 saturated carbocycles. The molecule has 0 radical (unpaired) electrons. The normalized spacial score (nSPS) is 10.3. The number of nitrogen functional groups attached to an aromatic ring is 1. The van der Waals surface area contributed by atoms with Gasteiger partial charge in [-0.2, -0.15) is 0 Å². The van der Waals surface area contributed by atoms with E-state index in [2.05, 4.69) is 15.3 Å². The lowest BCUT2D eigenvalue weighted by Gasteiger charge is -2.05. The van der Waals surface area contributed by atoms with Crippen LogP contribution in [0.2, 0.25) is 0 Å². The van der Waals surface area contributed by atoms with Crippen LogP contribution in [0.25, 0.3) is 0 Å². The van der Waals surface area contributed by atoms with Crippen LogP contribution in [0.15, 0.2) is 17.6 Å². The van der Waals surface area contributed by atoms with Crippen LogP contribution in [0, 0.1) is 12.7 Å². The number of nitrogens with zero attached hydrogens (tertiary/aromatic N) is 2. The van der Waals surface area contributed by atoms with Crippen LogP contribution >= 0.6 is 11.3 Å². The number of nitrogens with one attached hydrogen (secondary N) is 1. The van der Waals surface area contributed by atoms with E-state index in [4.69, 9.17) is 5.73 Å². The van der Waals surface area contributed by atoms with Crippen molar-refractivity contribution in [3.8, 4) is 0 Å². The van der Waals surface area contributed by atoms with Crippen molar-refractivity contribution >= 4 is 23.1 Å². The van der Waals surface area contributed by atoms with E-state index < -0.39 is 11.7 Å². The van der Waals surface area contributed by atoms with Crippen molar-refractivity contribution < 1.29 is 9.18 Å². The molecule has 0 aliphatic heterocycles. The second kappa shape index (κ2) is 5.09. The van der Waals surface area contributed by atoms with Gasteiger partial charge in [-0.25, -0.2) is 14.4 Å². The highest BCUT2D eigenvalue weighted by Crippen LogP contribution is 2.12. The predicted molar refractivity (Wildman–Crippen MR) is 66.6 cm³/mol. The van der Waals surface area contributed by atoms with Crippen LogP contribution in [-0.2, 0) is 6.54 Å². The number of pyridine rings is 1. The maximum absolute atomic E-state index is 13.5. The maximum Gasteiger partial charge on any atom is 0.254 e. The first-order valence-corrected chi connectivity index (χ1v) is 6.05. The van der Waals surface area contributed by atoms with E-state index in [0.29, 0.717) is 0 Å². The van der Waals surface area contributed by atoms with Crippen molar-refractivity contribution in [1.29, 1.82) is 0 Å². The van der Waals surface area contributed by atoms with Crippen LogP contribution in [0.1, 0.15) is 21.1 Å². The molecule has 94 valence electrons. The topological polar surface area (TPSA) is 80.9 Å². The van der Waals surface area contributed by atoms with Crippen molar-refractivity contribution in [2.75, 3.05) is 5.73 Å². The molecule has 0 bridgehead atoms. The largest absolute Gasteiger partial charge is 0.381 e. The molecule has 0 spiro atoms. The number of hydrogen-bond acceptors (Lipinski definition) is 5. The third-order valence-electron chi connectivity index (χ3n) is 2.23. The van der Waals surface area contributed by atoms with E-state index in [1.54, 1.807) is 0 Å². The highest BCUT2D eigenvalue weighted by molar-refractivity contribution is 7.09. The Morgan fingerprint density at radius 3 is 3.06 bits per heavy atom. The lowest BCUT2D eigenvalue weighted by Crippen LogP contribution is -2.24. The van der Waals surface area contributed by atoms with Gasteiger partial charge in [0.2, 0.25) is 0 Å². The zero-order chi connectivity index (χ0) is 13.1. The van der Waals surface area contributed by atoms with E-state index in [1.807, 2.05) is 12.3 Å². The Morgan fingerprint density at radius 2 is 2.39 bits per heavy atom. The Kier molecular flexibility index (Phi) is 3.52. The number of nitrogens with two attached hydrogens (primary N) is 1. The van der Waals surface area contributed by atoms with Gasteiger partial charge in [0.1, 0.15) is 5.01 Å². The van der Waals surface area contributed by atoms with Crippen molar-refractivity contribution in [2.24, 2.45) is 0 Å². The molecule has 0 aliphatic carbocycles. The molecule has 0 unspecified atom stereocenters. The molecule has 5 nitrogen and oxygen atoms in total. The molecule has 1 amide bonds. The SMILES string of the molecule is Cc1csc(CNC(=O)c2ccnc(N)c2F)n1. The minimum Gasteiger partial charge on any atom is -0.381 e. The summed E-state index contributed by atoms with van der Waals surface area (Å²) in [6.07, 6.45) is 1.29. The molecule has 0 aliphatic rings. The average molecular weight is 266 g/mol. The molecule has 3 N–H and O–H groups in total. The molecule has 2 aromatic heterocycles. The third kappa shape index (κ3) is 2.62. The molecule has 0 saturated heterocycles. The van der Waals surface area contributed by atoms with Crippen molar-refractivity contribution in [3.05, 3.63) is 39.7 Å². The molecule has 18 heavy (non-hydrogen) atoms. The highest BCUT2D eigenvalue weighted by atomic mass is 32.1. The van der Waals surface area contributed by atoms with Gasteiger partial charge in [-0.3, -0.25) is 4.79 Å². The number of carbonyl (C=O) groups is 1. The Bertz CT molecular complexity index is 584. The second-order valence-corrected chi connectivity index (χ2v) is 4.57. The summed E-state index contributed by atoms with van der Waals surface area (Å²) in [7, 11) is 0. The minimum atomic E-state index is -0.801. The van der Waals surface area contributed by atoms with Crippen LogP contribution in [0.3, 0.4) is 0 Å². The van der Waals surface area contributed by atoms with Gasteiger partial charge >= 0.3 is 0 Å². The van der Waals surface area contributed by atoms with Crippen LogP contribution < -0.4 is 11.1 Å². The fourth-order valence-corrected chi connectivity index (χ4v) is 2.08. The fourth-order valence-electron chi connectivity index (χ4n) is 1.37. The van der Waals surface area contributed by atoms with E-state index in [1.165, 1.54) is 23.6 Å². The summed E-state index contributed by atoms with van der Waals surface area (Å²) >= 11 is 1.44. The van der Waals surface area contributed by atoms with Gasteiger partial charge in [-0.05, 0) is 13.0 Å². The monoisotopic (exact) mass is 266 g/mol. The molecule has 0 atom stereocenters. The number of thiazole rings is 1. The summed E-state index contributed by atoms with van der Waals surface area (Å²) in [5.41, 5.74) is 6.07. The fraction of sp³-hybridized carbons (Fsp3) is 0.182. The number of hydrogen-bond donors (Lipinski definition) is 2. The summed E-state index contributed by atoms with van der Waals surface area (Å²) in [5, 5.41) is 5.23. The van der Waals surface area contributed by atoms with Gasteiger partial charge in [-0.1, -0.05) is 0 Å². The van der Waals surface area contributed by atoms with E-state index in [0.717, 1.165) is 10.7 Å². The van der Waals surface area contributed by atoms with Gasteiger partial charge < -0.3 is 11.1 Å². The number of aryl methyl sites for hydroxylation is 1. The van der Waals surface area contributed by atoms with Crippen LogP contribution in [0.5, 0.6) is 0 Å². The molecule has 2 aromatic rings. The summed E-state index contributed by atoms with van der Waals surface area (Å²) < 4.78 is 13.5. The molecular formula is C11H11FN4OS. The number of anilines is 1. The average Bonchev–Trinajstić information content (AvgIpc) is 2.76. The number of amides is 1. The molecule has 2 heterocycles. The minimum absolute atomic E-state index is 0.115. The zero-order valence-electron chi connectivity index (χ0n) is 9.61. The van der Waals surface area contributed by atoms with Crippen LogP contribution in [0.4, 0.5) is 10.2 Å². The zero-order valence-corrected chi connectivity index (χ0v) is 10.4. The van der Waals surface area contributed by atoms with E-state index in [-0.39, 0.29) is 17.9 Å². The lowest BCUT2D eigenvalue weighted by atomic mass is 10.2. The molecule has 0 aromatic carbocycles. The first-order chi connectivity index (χ1) is 8.58. The first-order valence-electron chi connectivity index (χ1n) is 5.17. The smallest absolute Gasteiger partial charge is 0.254 e. The van der Waals surface area contributed by atoms with Crippen LogP contribution in [-0.4, -0.2) is 15.9 Å². The van der Waals surface area contributed by atoms with Gasteiger partial charge in [0.05, 0.1) is 12.1 Å². The van der Waals surface area contributed by atoms with Gasteiger partial charge in [0, 0.05) is 17.3 Å². The van der Waals surface area contributed by atoms with Gasteiger partial charge in [0.15, 0.2) is 11.6 Å². The van der Waals surface area contributed by atoms with Gasteiger partial charge in [0.25, 0.3) is 5.91 Å². The highest BCUT2D eigenvalue weighted by Gasteiger charge is 2.14. The first kappa shape index (κ1) is 12.4. The van der Waals surface area contributed by atoms with E-state index in [9.17, 15) is 9.18 Å². The maximum atomic E-state index is 13.5. The van der Waals surface area contributed by atoms with Crippen molar-refractivity contribution in [1.82, 2.24) is 15.3 Å². The summed E-state index contributed by atoms with van der Waals surface area (Å²) in [6.45, 7) is 2.13.